The summed E-state index contributed by atoms with van der Waals surface area (Å²) >= 11 is 7.52. The van der Waals surface area contributed by atoms with E-state index in [4.69, 9.17) is 11.6 Å². The molecule has 1 saturated heterocycles. The normalized spacial score (nSPS) is 16.0. The van der Waals surface area contributed by atoms with Gasteiger partial charge in [0.2, 0.25) is 5.91 Å². The van der Waals surface area contributed by atoms with E-state index in [0.29, 0.717) is 16.3 Å². The van der Waals surface area contributed by atoms with E-state index >= 15 is 0 Å². The minimum atomic E-state index is -0.426. The zero-order chi connectivity index (χ0) is 21.3. The van der Waals surface area contributed by atoms with Crippen LogP contribution in [0, 0.1) is 12.7 Å². The van der Waals surface area contributed by atoms with Crippen molar-refractivity contribution in [2.24, 2.45) is 0 Å². The zero-order valence-corrected chi connectivity index (χ0v) is 17.6. The van der Waals surface area contributed by atoms with E-state index in [1.165, 1.54) is 22.7 Å². The Labute approximate surface area is 183 Å². The summed E-state index contributed by atoms with van der Waals surface area (Å²) in [5.41, 5.74) is 3.01. The molecular formula is C23H18ClFN2O2S. The van der Waals surface area contributed by atoms with E-state index < -0.39 is 5.82 Å². The number of hydrogen-bond donors (Lipinski definition) is 1. The van der Waals surface area contributed by atoms with Gasteiger partial charge in [-0.05, 0) is 54.4 Å². The highest BCUT2D eigenvalue weighted by Crippen LogP contribution is 2.43. The average molecular weight is 441 g/mol. The summed E-state index contributed by atoms with van der Waals surface area (Å²) in [6.07, 6.45) is 0. The van der Waals surface area contributed by atoms with Crippen LogP contribution in [0.15, 0.2) is 66.7 Å². The largest absolute Gasteiger partial charge is 0.322 e. The van der Waals surface area contributed by atoms with Crippen LogP contribution in [0.25, 0.3) is 0 Å². The van der Waals surface area contributed by atoms with Gasteiger partial charge in [0.05, 0.1) is 22.0 Å². The van der Waals surface area contributed by atoms with Crippen LogP contribution in [0.1, 0.15) is 26.9 Å². The molecule has 1 fully saturated rings. The van der Waals surface area contributed by atoms with Crippen molar-refractivity contribution in [3.05, 3.63) is 94.3 Å². The molecule has 4 nitrogen and oxygen atoms in total. The van der Waals surface area contributed by atoms with Gasteiger partial charge in [0.1, 0.15) is 11.2 Å². The molecule has 3 aromatic carbocycles. The number of aryl methyl sites for hydroxylation is 1. The van der Waals surface area contributed by atoms with Crippen LogP contribution in [0.2, 0.25) is 5.02 Å². The fourth-order valence-electron chi connectivity index (χ4n) is 3.31. The van der Waals surface area contributed by atoms with Gasteiger partial charge in [-0.3, -0.25) is 14.5 Å². The van der Waals surface area contributed by atoms with Crippen LogP contribution in [0.3, 0.4) is 0 Å². The maximum Gasteiger partial charge on any atom is 0.257 e. The molecule has 1 aliphatic heterocycles. The highest BCUT2D eigenvalue weighted by molar-refractivity contribution is 8.00. The SMILES string of the molecule is Cc1ccc(F)c(N2C(=O)CSC2c2ccc(NC(=O)c3ccccc3Cl)cc2)c1. The first-order chi connectivity index (χ1) is 14.4. The molecule has 2 amide bonds. The smallest absolute Gasteiger partial charge is 0.257 e. The maximum absolute atomic E-state index is 14.4. The fraction of sp³-hybridized carbons (Fsp3) is 0.130. The zero-order valence-electron chi connectivity index (χ0n) is 16.1. The number of nitrogens with zero attached hydrogens (tertiary/aromatic N) is 1. The second-order valence-corrected chi connectivity index (χ2v) is 8.41. The van der Waals surface area contributed by atoms with Crippen LogP contribution in [0.4, 0.5) is 15.8 Å². The monoisotopic (exact) mass is 440 g/mol. The Morgan fingerprint density at radius 2 is 1.87 bits per heavy atom. The van der Waals surface area contributed by atoms with Crippen molar-refractivity contribution in [2.45, 2.75) is 12.3 Å². The first-order valence-electron chi connectivity index (χ1n) is 9.29. The molecule has 7 heteroatoms. The number of benzene rings is 3. The van der Waals surface area contributed by atoms with Gasteiger partial charge in [0.15, 0.2) is 0 Å². The maximum atomic E-state index is 14.4. The third kappa shape index (κ3) is 4.06. The van der Waals surface area contributed by atoms with E-state index in [1.807, 2.05) is 19.1 Å². The Bertz CT molecular complexity index is 1120. The minimum Gasteiger partial charge on any atom is -0.322 e. The summed E-state index contributed by atoms with van der Waals surface area (Å²) in [7, 11) is 0. The molecule has 1 heterocycles. The number of halogens is 2. The predicted octanol–water partition coefficient (Wildman–Crippen LogP) is 5.82. The highest BCUT2D eigenvalue weighted by atomic mass is 35.5. The summed E-state index contributed by atoms with van der Waals surface area (Å²) in [5.74, 6) is -0.582. The highest BCUT2D eigenvalue weighted by Gasteiger charge is 2.35. The molecule has 1 N–H and O–H groups in total. The van der Waals surface area contributed by atoms with Gasteiger partial charge >= 0.3 is 0 Å². The number of thioether (sulfide) groups is 1. The molecule has 0 radical (unpaired) electrons. The van der Waals surface area contributed by atoms with E-state index in [2.05, 4.69) is 5.32 Å². The topological polar surface area (TPSA) is 49.4 Å². The van der Waals surface area contributed by atoms with E-state index in [0.717, 1.165) is 11.1 Å². The number of rotatable bonds is 4. The molecule has 152 valence electrons. The van der Waals surface area contributed by atoms with E-state index in [-0.39, 0.29) is 28.6 Å². The second-order valence-electron chi connectivity index (χ2n) is 6.94. The second kappa shape index (κ2) is 8.50. The molecule has 4 rings (SSSR count). The van der Waals surface area contributed by atoms with Gasteiger partial charge in [0.25, 0.3) is 5.91 Å². The first-order valence-corrected chi connectivity index (χ1v) is 10.7. The predicted molar refractivity (Wildman–Crippen MR) is 120 cm³/mol. The third-order valence-corrected chi connectivity index (χ3v) is 6.34. The van der Waals surface area contributed by atoms with Crippen molar-refractivity contribution in [2.75, 3.05) is 16.0 Å². The molecule has 0 bridgehead atoms. The quantitative estimate of drug-likeness (QED) is 0.556. The number of carbonyl (C=O) groups excluding carboxylic acids is 2. The Hall–Kier alpha value is -2.83. The minimum absolute atomic E-state index is 0.134. The standard InChI is InChI=1S/C23H18ClFN2O2S/c1-14-6-11-19(25)20(12-14)27-21(28)13-30-23(27)15-7-9-16(10-8-15)26-22(29)17-4-2-3-5-18(17)24/h2-12,23H,13H2,1H3,(H,26,29). The first kappa shape index (κ1) is 20.4. The van der Waals surface area contributed by atoms with Crippen molar-refractivity contribution >= 4 is 46.6 Å². The summed E-state index contributed by atoms with van der Waals surface area (Å²) in [6, 6.07) is 18.8. The molecule has 0 spiro atoms. The summed E-state index contributed by atoms with van der Waals surface area (Å²) in [4.78, 5) is 26.4. The fourth-order valence-corrected chi connectivity index (χ4v) is 4.70. The number of carbonyl (C=O) groups is 2. The van der Waals surface area contributed by atoms with Gasteiger partial charge in [-0.2, -0.15) is 0 Å². The van der Waals surface area contributed by atoms with Gasteiger partial charge < -0.3 is 5.32 Å². The molecule has 0 aliphatic carbocycles. The van der Waals surface area contributed by atoms with Gasteiger partial charge in [0, 0.05) is 5.69 Å². The Morgan fingerprint density at radius 3 is 2.60 bits per heavy atom. The van der Waals surface area contributed by atoms with Crippen LogP contribution in [0.5, 0.6) is 0 Å². The van der Waals surface area contributed by atoms with E-state index in [1.54, 1.807) is 48.5 Å². The summed E-state index contributed by atoms with van der Waals surface area (Å²) in [6.45, 7) is 1.86. The lowest BCUT2D eigenvalue weighted by Gasteiger charge is -2.25. The molecule has 0 saturated carbocycles. The summed E-state index contributed by atoms with van der Waals surface area (Å²) in [5, 5.41) is 2.86. The van der Waals surface area contributed by atoms with Gasteiger partial charge in [-0.1, -0.05) is 41.9 Å². The number of anilines is 2. The van der Waals surface area contributed by atoms with Crippen LogP contribution in [-0.4, -0.2) is 17.6 Å². The van der Waals surface area contributed by atoms with Gasteiger partial charge in [-0.15, -0.1) is 11.8 Å². The number of amides is 2. The van der Waals surface area contributed by atoms with Crippen molar-refractivity contribution in [1.29, 1.82) is 0 Å². The molecular weight excluding hydrogens is 423 g/mol. The average Bonchev–Trinajstić information content (AvgIpc) is 3.12. The van der Waals surface area contributed by atoms with Crippen molar-refractivity contribution in [3.8, 4) is 0 Å². The molecule has 1 atom stereocenters. The summed E-state index contributed by atoms with van der Waals surface area (Å²) < 4.78 is 14.4. The Morgan fingerprint density at radius 1 is 1.13 bits per heavy atom. The lowest BCUT2D eigenvalue weighted by atomic mass is 10.1. The van der Waals surface area contributed by atoms with Crippen LogP contribution in [-0.2, 0) is 4.79 Å². The van der Waals surface area contributed by atoms with Crippen LogP contribution < -0.4 is 10.2 Å². The van der Waals surface area contributed by atoms with E-state index in [9.17, 15) is 14.0 Å². The number of hydrogen-bond acceptors (Lipinski definition) is 3. The van der Waals surface area contributed by atoms with Crippen molar-refractivity contribution in [1.82, 2.24) is 0 Å². The molecule has 3 aromatic rings. The third-order valence-electron chi connectivity index (χ3n) is 4.80. The van der Waals surface area contributed by atoms with Crippen molar-refractivity contribution in [3.63, 3.8) is 0 Å². The molecule has 0 aromatic heterocycles. The lowest BCUT2D eigenvalue weighted by molar-refractivity contribution is -0.115. The Kier molecular flexibility index (Phi) is 5.79. The Balaban J connectivity index is 1.56. The van der Waals surface area contributed by atoms with Crippen molar-refractivity contribution < 1.29 is 14.0 Å². The molecule has 1 aliphatic rings. The van der Waals surface area contributed by atoms with Gasteiger partial charge in [-0.25, -0.2) is 4.39 Å². The number of nitrogens with one attached hydrogen (secondary N) is 1. The molecule has 1 unspecified atom stereocenters. The van der Waals surface area contributed by atoms with Crippen LogP contribution >= 0.6 is 23.4 Å². The lowest BCUT2D eigenvalue weighted by Crippen LogP contribution is -2.28. The molecule has 30 heavy (non-hydrogen) atoms.